The van der Waals surface area contributed by atoms with E-state index < -0.39 is 0 Å². The first-order valence-corrected chi connectivity index (χ1v) is 5.20. The fourth-order valence-electron chi connectivity index (χ4n) is 1.44. The van der Waals surface area contributed by atoms with Crippen molar-refractivity contribution < 1.29 is 9.53 Å². The van der Waals surface area contributed by atoms with E-state index in [4.69, 9.17) is 4.74 Å². The Morgan fingerprint density at radius 2 is 2.00 bits per heavy atom. The van der Waals surface area contributed by atoms with Gasteiger partial charge in [-0.1, -0.05) is 37.0 Å². The molecule has 1 heterocycles. The van der Waals surface area contributed by atoms with Crippen molar-refractivity contribution >= 4 is 5.78 Å². The van der Waals surface area contributed by atoms with E-state index in [0.29, 0.717) is 0 Å². The third kappa shape index (κ3) is 2.32. The first-order valence-electron chi connectivity index (χ1n) is 5.20. The molecule has 1 aliphatic rings. The fourth-order valence-corrected chi connectivity index (χ4v) is 1.44. The number of hydrogen-bond donors (Lipinski definition) is 0. The van der Waals surface area contributed by atoms with Crippen LogP contribution in [0, 0.1) is 17.8 Å². The predicted octanol–water partition coefficient (Wildman–Crippen LogP) is 2.16. The molecule has 0 saturated carbocycles. The second kappa shape index (κ2) is 4.67. The second-order valence-corrected chi connectivity index (χ2v) is 3.69. The highest BCUT2D eigenvalue weighted by atomic mass is 16.5. The zero-order valence-corrected chi connectivity index (χ0v) is 9.01. The monoisotopic (exact) mass is 212 g/mol. The van der Waals surface area contributed by atoms with Gasteiger partial charge in [-0.2, -0.15) is 0 Å². The molecule has 1 aromatic carbocycles. The highest BCUT2D eigenvalue weighted by molar-refractivity contribution is 5.92. The minimum atomic E-state index is -0.335. The van der Waals surface area contributed by atoms with Crippen LogP contribution in [-0.2, 0) is 9.53 Å². The van der Waals surface area contributed by atoms with Crippen LogP contribution in [0.1, 0.15) is 12.5 Å². The van der Waals surface area contributed by atoms with E-state index in [2.05, 4.69) is 11.8 Å². The van der Waals surface area contributed by atoms with Crippen LogP contribution < -0.4 is 0 Å². The lowest BCUT2D eigenvalue weighted by molar-refractivity contribution is -0.121. The summed E-state index contributed by atoms with van der Waals surface area (Å²) in [6, 6.07) is 9.66. The summed E-state index contributed by atoms with van der Waals surface area (Å²) in [6.07, 6.45) is 2.54. The molecule has 0 unspecified atom stereocenters. The molecule has 1 aromatic rings. The molecule has 0 aromatic heterocycles. The number of carbonyl (C=O) groups is 1. The van der Waals surface area contributed by atoms with E-state index in [1.807, 2.05) is 37.3 Å². The Kier molecular flexibility index (Phi) is 3.07. The number of rotatable bonds is 0. The molecule has 80 valence electrons. The molecular formula is C14H12O2. The Balaban J connectivity index is 2.14. The summed E-state index contributed by atoms with van der Waals surface area (Å²) >= 11 is 0. The van der Waals surface area contributed by atoms with Crippen molar-refractivity contribution in [2.45, 2.75) is 13.0 Å². The average Bonchev–Trinajstić information content (AvgIpc) is 2.32. The molecule has 0 N–H and O–H groups in total. The molecule has 2 heteroatoms. The smallest absolute Gasteiger partial charge is 0.168 e. The largest absolute Gasteiger partial charge is 0.484 e. The Morgan fingerprint density at radius 3 is 2.75 bits per heavy atom. The maximum Gasteiger partial charge on any atom is 0.168 e. The average molecular weight is 212 g/mol. The molecule has 0 fully saturated rings. The molecule has 0 saturated heterocycles. The third-order valence-electron chi connectivity index (χ3n) is 2.49. The molecule has 0 spiro atoms. The molecule has 2 nitrogen and oxygen atoms in total. The van der Waals surface area contributed by atoms with Gasteiger partial charge in [-0.05, 0) is 12.1 Å². The maximum absolute atomic E-state index is 11.4. The van der Waals surface area contributed by atoms with Gasteiger partial charge in [0.05, 0.1) is 12.2 Å². The second-order valence-electron chi connectivity index (χ2n) is 3.69. The molecule has 0 amide bonds. The number of benzene rings is 1. The first-order chi connectivity index (χ1) is 7.77. The lowest BCUT2D eigenvalue weighted by Crippen LogP contribution is -2.28. The van der Waals surface area contributed by atoms with Gasteiger partial charge in [0.15, 0.2) is 11.9 Å². The van der Waals surface area contributed by atoms with E-state index >= 15 is 0 Å². The van der Waals surface area contributed by atoms with Crippen molar-refractivity contribution in [2.75, 3.05) is 0 Å². The lowest BCUT2D eigenvalue weighted by Gasteiger charge is -2.19. The van der Waals surface area contributed by atoms with Gasteiger partial charge in [-0.3, -0.25) is 4.79 Å². The van der Waals surface area contributed by atoms with Crippen molar-refractivity contribution in [3.63, 3.8) is 0 Å². The van der Waals surface area contributed by atoms with Crippen LogP contribution in [0.4, 0.5) is 0 Å². The first kappa shape index (κ1) is 10.5. The van der Waals surface area contributed by atoms with Crippen molar-refractivity contribution in [3.05, 3.63) is 48.2 Å². The molecular weight excluding hydrogens is 200 g/mol. The Morgan fingerprint density at radius 1 is 1.25 bits per heavy atom. The molecule has 2 rings (SSSR count). The van der Waals surface area contributed by atoms with Crippen molar-refractivity contribution in [3.8, 4) is 11.8 Å². The minimum absolute atomic E-state index is 0.0682. The van der Waals surface area contributed by atoms with E-state index in [9.17, 15) is 4.79 Å². The van der Waals surface area contributed by atoms with E-state index in [1.54, 1.807) is 0 Å². The normalized spacial score (nSPS) is 23.2. The zero-order chi connectivity index (χ0) is 11.4. The van der Waals surface area contributed by atoms with Crippen molar-refractivity contribution in [2.24, 2.45) is 5.92 Å². The highest BCUT2D eigenvalue weighted by Gasteiger charge is 2.24. The summed E-state index contributed by atoms with van der Waals surface area (Å²) in [4.78, 5) is 11.4. The topological polar surface area (TPSA) is 26.3 Å². The minimum Gasteiger partial charge on any atom is -0.484 e. The predicted molar refractivity (Wildman–Crippen MR) is 61.5 cm³/mol. The molecule has 0 radical (unpaired) electrons. The summed E-state index contributed by atoms with van der Waals surface area (Å²) in [5.74, 6) is 5.85. The van der Waals surface area contributed by atoms with Gasteiger partial charge in [-0.25, -0.2) is 0 Å². The fraction of sp³-hybridized carbons (Fsp3) is 0.214. The number of hydrogen-bond acceptors (Lipinski definition) is 2. The number of allylic oxidation sites excluding steroid dienone is 1. The Hall–Kier alpha value is -2.01. The van der Waals surface area contributed by atoms with Crippen LogP contribution in [0.5, 0.6) is 0 Å². The van der Waals surface area contributed by atoms with Gasteiger partial charge < -0.3 is 4.74 Å². The number of carbonyl (C=O) groups excluding carboxylic acids is 1. The van der Waals surface area contributed by atoms with Gasteiger partial charge in [0, 0.05) is 11.6 Å². The molecule has 16 heavy (non-hydrogen) atoms. The molecule has 0 aliphatic carbocycles. The standard InChI is InChI=1S/C14H12O2/c1-11-13(15)9-10-16-14(11)8-7-12-5-3-2-4-6-12/h2-6,9-11,14H,1H3/t11-,14-/m1/s1. The molecule has 1 aliphatic heterocycles. The SMILES string of the molecule is C[C@@H]1C(=O)C=CO[C@@H]1C#Cc1ccccc1. The summed E-state index contributed by atoms with van der Waals surface area (Å²) in [5, 5.41) is 0. The summed E-state index contributed by atoms with van der Waals surface area (Å²) < 4.78 is 5.31. The summed E-state index contributed by atoms with van der Waals surface area (Å²) in [7, 11) is 0. The van der Waals surface area contributed by atoms with Crippen LogP contribution in [0.25, 0.3) is 0 Å². The Labute approximate surface area is 94.9 Å². The van der Waals surface area contributed by atoms with Gasteiger partial charge in [0.2, 0.25) is 0 Å². The van der Waals surface area contributed by atoms with Crippen molar-refractivity contribution in [1.29, 1.82) is 0 Å². The zero-order valence-electron chi connectivity index (χ0n) is 9.01. The van der Waals surface area contributed by atoms with Crippen LogP contribution in [-0.4, -0.2) is 11.9 Å². The summed E-state index contributed by atoms with van der Waals surface area (Å²) in [5.41, 5.74) is 0.931. The quantitative estimate of drug-likeness (QED) is 0.616. The molecule has 2 atom stereocenters. The van der Waals surface area contributed by atoms with Crippen LogP contribution in [0.2, 0.25) is 0 Å². The van der Waals surface area contributed by atoms with Gasteiger partial charge in [-0.15, -0.1) is 0 Å². The summed E-state index contributed by atoms with van der Waals surface area (Å²) in [6.45, 7) is 1.83. The highest BCUT2D eigenvalue weighted by Crippen LogP contribution is 2.14. The lowest BCUT2D eigenvalue weighted by atomic mass is 9.98. The van der Waals surface area contributed by atoms with Crippen LogP contribution in [0.3, 0.4) is 0 Å². The van der Waals surface area contributed by atoms with Gasteiger partial charge in [0.1, 0.15) is 0 Å². The van der Waals surface area contributed by atoms with E-state index in [1.165, 1.54) is 12.3 Å². The third-order valence-corrected chi connectivity index (χ3v) is 2.49. The Bertz CT molecular complexity index is 463. The van der Waals surface area contributed by atoms with Crippen LogP contribution >= 0.6 is 0 Å². The number of ketones is 1. The van der Waals surface area contributed by atoms with Crippen LogP contribution in [0.15, 0.2) is 42.7 Å². The van der Waals surface area contributed by atoms with Gasteiger partial charge in [0.25, 0.3) is 0 Å². The van der Waals surface area contributed by atoms with E-state index in [0.717, 1.165) is 5.56 Å². The van der Waals surface area contributed by atoms with Gasteiger partial charge >= 0.3 is 0 Å². The van der Waals surface area contributed by atoms with E-state index in [-0.39, 0.29) is 17.8 Å². The molecule has 0 bridgehead atoms. The maximum atomic E-state index is 11.4. The number of ether oxygens (including phenoxy) is 1. The van der Waals surface area contributed by atoms with Crippen molar-refractivity contribution in [1.82, 2.24) is 0 Å².